The highest BCUT2D eigenvalue weighted by Gasteiger charge is 2.38. The Kier molecular flexibility index (Phi) is 4.72. The lowest BCUT2D eigenvalue weighted by Gasteiger charge is -2.34. The van der Waals surface area contributed by atoms with Gasteiger partial charge in [-0.1, -0.05) is 11.6 Å². The fourth-order valence-electron chi connectivity index (χ4n) is 3.29. The van der Waals surface area contributed by atoms with Gasteiger partial charge in [0.05, 0.1) is 36.8 Å². The minimum absolute atomic E-state index is 0.111. The molecule has 1 aromatic carbocycles. The number of quaternary nitrogens is 1. The summed E-state index contributed by atoms with van der Waals surface area (Å²) >= 11 is 5.80. The maximum atomic E-state index is 12.6. The van der Waals surface area contributed by atoms with Crippen molar-refractivity contribution in [3.05, 3.63) is 29.3 Å². The number of halogens is 1. The van der Waals surface area contributed by atoms with Crippen molar-refractivity contribution in [2.45, 2.75) is 17.4 Å². The summed E-state index contributed by atoms with van der Waals surface area (Å²) in [5.74, 6) is 0.486. The van der Waals surface area contributed by atoms with Gasteiger partial charge < -0.3 is 4.90 Å². The third kappa shape index (κ3) is 3.71. The molecule has 23 heavy (non-hydrogen) atoms. The van der Waals surface area contributed by atoms with Gasteiger partial charge in [-0.3, -0.25) is 0 Å². The molecule has 2 aliphatic heterocycles. The molecule has 1 atom stereocenters. The molecule has 0 radical (unpaired) electrons. The van der Waals surface area contributed by atoms with E-state index >= 15 is 0 Å². The smallest absolute Gasteiger partial charge is 0.243 e. The summed E-state index contributed by atoms with van der Waals surface area (Å²) in [7, 11) is -6.40. The molecule has 2 aliphatic rings. The van der Waals surface area contributed by atoms with Crippen LogP contribution in [0.1, 0.15) is 6.42 Å². The first-order chi connectivity index (χ1) is 10.8. The van der Waals surface area contributed by atoms with Crippen molar-refractivity contribution in [3.8, 4) is 0 Å². The van der Waals surface area contributed by atoms with Crippen molar-refractivity contribution in [3.63, 3.8) is 0 Å². The van der Waals surface area contributed by atoms with Crippen LogP contribution >= 0.6 is 11.6 Å². The Bertz CT molecular complexity index is 770. The van der Waals surface area contributed by atoms with E-state index in [2.05, 4.69) is 0 Å². The quantitative estimate of drug-likeness (QED) is 0.762. The fourth-order valence-corrected chi connectivity index (χ4v) is 6.69. The van der Waals surface area contributed by atoms with E-state index in [0.29, 0.717) is 37.6 Å². The van der Waals surface area contributed by atoms with Gasteiger partial charge in [-0.25, -0.2) is 16.8 Å². The molecule has 2 heterocycles. The molecule has 2 saturated heterocycles. The lowest BCUT2D eigenvalue weighted by atomic mass is 10.2. The number of sulfone groups is 1. The number of benzene rings is 1. The Labute approximate surface area is 142 Å². The fraction of sp³-hybridized carbons (Fsp3) is 0.571. The Morgan fingerprint density at radius 3 is 2.26 bits per heavy atom. The van der Waals surface area contributed by atoms with Crippen molar-refractivity contribution < 1.29 is 21.7 Å². The molecule has 9 heteroatoms. The molecular weight excluding hydrogens is 360 g/mol. The number of piperazine rings is 1. The minimum Gasteiger partial charge on any atom is -0.329 e. The van der Waals surface area contributed by atoms with Crippen LogP contribution in [-0.4, -0.2) is 64.9 Å². The van der Waals surface area contributed by atoms with Gasteiger partial charge >= 0.3 is 0 Å². The summed E-state index contributed by atoms with van der Waals surface area (Å²) < 4.78 is 49.9. The molecule has 128 valence electrons. The number of sulfonamides is 1. The molecule has 3 rings (SSSR count). The molecular formula is C14H20ClN2O4S2+. The SMILES string of the molecule is O=S1(=O)CC[C@H]([NH+]2CCN(S(=O)(=O)c3ccc(Cl)cc3)CC2)C1. The largest absolute Gasteiger partial charge is 0.329 e. The van der Waals surface area contributed by atoms with E-state index in [0.717, 1.165) is 0 Å². The van der Waals surface area contributed by atoms with Gasteiger partial charge in [0.15, 0.2) is 9.84 Å². The summed E-state index contributed by atoms with van der Waals surface area (Å²) in [4.78, 5) is 1.45. The second-order valence-electron chi connectivity index (χ2n) is 6.12. The third-order valence-electron chi connectivity index (χ3n) is 4.63. The molecule has 6 nitrogen and oxygen atoms in total. The Morgan fingerprint density at radius 2 is 1.74 bits per heavy atom. The monoisotopic (exact) mass is 379 g/mol. The number of nitrogens with zero attached hydrogens (tertiary/aromatic N) is 1. The highest BCUT2D eigenvalue weighted by atomic mass is 35.5. The van der Waals surface area contributed by atoms with Crippen LogP contribution in [0.25, 0.3) is 0 Å². The van der Waals surface area contributed by atoms with E-state index in [4.69, 9.17) is 11.6 Å². The van der Waals surface area contributed by atoms with Crippen LogP contribution in [0.15, 0.2) is 29.2 Å². The molecule has 0 aromatic heterocycles. The first-order valence-electron chi connectivity index (χ1n) is 7.59. The van der Waals surface area contributed by atoms with Gasteiger partial charge in [-0.05, 0) is 24.3 Å². The molecule has 0 bridgehead atoms. The van der Waals surface area contributed by atoms with Crippen LogP contribution in [0.5, 0.6) is 0 Å². The molecule has 2 fully saturated rings. The molecule has 0 aliphatic carbocycles. The van der Waals surface area contributed by atoms with Gasteiger partial charge in [0.1, 0.15) is 11.8 Å². The van der Waals surface area contributed by atoms with E-state index in [1.165, 1.54) is 21.3 Å². The van der Waals surface area contributed by atoms with Gasteiger partial charge in [0.2, 0.25) is 10.0 Å². The van der Waals surface area contributed by atoms with Gasteiger partial charge in [-0.15, -0.1) is 0 Å². The third-order valence-corrected chi connectivity index (χ3v) is 8.56. The van der Waals surface area contributed by atoms with E-state index in [9.17, 15) is 16.8 Å². The summed E-state index contributed by atoms with van der Waals surface area (Å²) in [5.41, 5.74) is 0. The van der Waals surface area contributed by atoms with Crippen LogP contribution in [-0.2, 0) is 19.9 Å². The van der Waals surface area contributed by atoms with Gasteiger partial charge in [0.25, 0.3) is 0 Å². The first kappa shape index (κ1) is 17.2. The molecule has 0 amide bonds. The number of rotatable bonds is 3. The minimum atomic E-state index is -3.51. The van der Waals surface area contributed by atoms with E-state index in [1.807, 2.05) is 0 Å². The summed E-state index contributed by atoms with van der Waals surface area (Å²) in [6.45, 7) is 2.12. The summed E-state index contributed by atoms with van der Waals surface area (Å²) in [6, 6.07) is 6.28. The van der Waals surface area contributed by atoms with E-state index in [-0.39, 0.29) is 22.4 Å². The molecule has 1 N–H and O–H groups in total. The van der Waals surface area contributed by atoms with Crippen molar-refractivity contribution in [1.29, 1.82) is 0 Å². The zero-order chi connectivity index (χ0) is 16.7. The molecule has 0 saturated carbocycles. The highest BCUT2D eigenvalue weighted by Crippen LogP contribution is 2.18. The normalized spacial score (nSPS) is 26.4. The lowest BCUT2D eigenvalue weighted by molar-refractivity contribution is -0.925. The maximum absolute atomic E-state index is 12.6. The predicted octanol–water partition coefficient (Wildman–Crippen LogP) is -0.584. The number of nitrogens with one attached hydrogen (secondary N) is 1. The van der Waals surface area contributed by atoms with Gasteiger partial charge in [0, 0.05) is 11.4 Å². The van der Waals surface area contributed by atoms with Crippen molar-refractivity contribution >= 4 is 31.5 Å². The van der Waals surface area contributed by atoms with Crippen LogP contribution < -0.4 is 4.90 Å². The number of hydrogen-bond donors (Lipinski definition) is 1. The first-order valence-corrected chi connectivity index (χ1v) is 11.2. The van der Waals surface area contributed by atoms with Crippen LogP contribution in [0.3, 0.4) is 0 Å². The topological polar surface area (TPSA) is 76.0 Å². The van der Waals surface area contributed by atoms with Crippen LogP contribution in [0.2, 0.25) is 5.02 Å². The van der Waals surface area contributed by atoms with Crippen LogP contribution in [0, 0.1) is 0 Å². The standard InChI is InChI=1S/C14H19ClN2O4S2/c15-12-1-3-14(4-2-12)23(20,21)17-8-6-16(7-9-17)13-5-10-22(18,19)11-13/h1-4,13H,5-11H2/p+1/t13-/m0/s1. The van der Waals surface area contributed by atoms with Crippen molar-refractivity contribution in [1.82, 2.24) is 4.31 Å². The van der Waals surface area contributed by atoms with Crippen LogP contribution in [0.4, 0.5) is 0 Å². The highest BCUT2D eigenvalue weighted by molar-refractivity contribution is 7.91. The van der Waals surface area contributed by atoms with E-state index < -0.39 is 19.9 Å². The zero-order valence-corrected chi connectivity index (χ0v) is 15.0. The predicted molar refractivity (Wildman–Crippen MR) is 88.0 cm³/mol. The second-order valence-corrected chi connectivity index (χ2v) is 10.7. The maximum Gasteiger partial charge on any atom is 0.243 e. The Hall–Kier alpha value is -0.670. The number of hydrogen-bond acceptors (Lipinski definition) is 4. The molecule has 1 aromatic rings. The molecule has 0 spiro atoms. The Morgan fingerprint density at radius 1 is 1.13 bits per heavy atom. The van der Waals surface area contributed by atoms with Gasteiger partial charge in [-0.2, -0.15) is 4.31 Å². The van der Waals surface area contributed by atoms with E-state index in [1.54, 1.807) is 12.1 Å². The zero-order valence-electron chi connectivity index (χ0n) is 12.6. The second kappa shape index (κ2) is 6.33. The average molecular weight is 380 g/mol. The van der Waals surface area contributed by atoms with Crippen molar-refractivity contribution in [2.75, 3.05) is 37.7 Å². The summed E-state index contributed by atoms with van der Waals surface area (Å²) in [5, 5.41) is 0.501. The average Bonchev–Trinajstić information content (AvgIpc) is 2.88. The lowest BCUT2D eigenvalue weighted by Crippen LogP contribution is -3.18. The Balaban J connectivity index is 1.65. The summed E-state index contributed by atoms with van der Waals surface area (Å²) in [6.07, 6.45) is 0.682. The van der Waals surface area contributed by atoms with Crippen molar-refractivity contribution in [2.24, 2.45) is 0 Å². The molecule has 0 unspecified atom stereocenters.